The van der Waals surface area contributed by atoms with Crippen LogP contribution in [0.3, 0.4) is 0 Å². The number of halogens is 2. The minimum absolute atomic E-state index is 0.338. The van der Waals surface area contributed by atoms with Gasteiger partial charge in [-0.25, -0.2) is 4.98 Å². The van der Waals surface area contributed by atoms with Crippen LogP contribution in [0.5, 0.6) is 0 Å². The zero-order valence-electron chi connectivity index (χ0n) is 6.94. The summed E-state index contributed by atoms with van der Waals surface area (Å²) in [4.78, 5) is 3.89. The lowest BCUT2D eigenvalue weighted by Crippen LogP contribution is -2.10. The molecule has 12 heavy (non-hydrogen) atoms. The Hall–Kier alpha value is -0.470. The Morgan fingerprint density at radius 1 is 1.33 bits per heavy atom. The van der Waals surface area contributed by atoms with E-state index in [1.165, 1.54) is 0 Å². The highest BCUT2D eigenvalue weighted by Gasteiger charge is 2.02. The Labute approximate surface area is 81.9 Å². The Morgan fingerprint density at radius 3 is 2.50 bits per heavy atom. The number of nitrogens with one attached hydrogen (secondary N) is 1. The summed E-state index contributed by atoms with van der Waals surface area (Å²) in [6, 6.07) is 3.86. The molecule has 0 radical (unpaired) electrons. The van der Waals surface area contributed by atoms with Gasteiger partial charge in [0.05, 0.1) is 5.69 Å². The van der Waals surface area contributed by atoms with E-state index in [-0.39, 0.29) is 0 Å². The van der Waals surface area contributed by atoms with Crippen LogP contribution in [0.2, 0.25) is 10.3 Å². The molecule has 1 aromatic rings. The second-order valence-corrected chi connectivity index (χ2v) is 3.52. The highest BCUT2D eigenvalue weighted by Crippen LogP contribution is 2.21. The third-order valence-electron chi connectivity index (χ3n) is 1.26. The lowest BCUT2D eigenvalue weighted by atomic mass is 10.3. The van der Waals surface area contributed by atoms with Gasteiger partial charge in [0.1, 0.15) is 5.15 Å². The SMILES string of the molecule is CC(C)Nc1ccc(Cl)nc1Cl. The normalized spacial score (nSPS) is 10.4. The summed E-state index contributed by atoms with van der Waals surface area (Å²) in [5.41, 5.74) is 0.816. The quantitative estimate of drug-likeness (QED) is 0.749. The first-order valence-corrected chi connectivity index (χ1v) is 4.44. The van der Waals surface area contributed by atoms with E-state index < -0.39 is 0 Å². The summed E-state index contributed by atoms with van der Waals surface area (Å²) >= 11 is 11.4. The maximum Gasteiger partial charge on any atom is 0.153 e. The minimum atomic E-state index is 0.338. The first-order chi connectivity index (χ1) is 5.59. The van der Waals surface area contributed by atoms with Crippen molar-refractivity contribution in [3.8, 4) is 0 Å². The second kappa shape index (κ2) is 3.97. The highest BCUT2D eigenvalue weighted by atomic mass is 35.5. The Bertz CT molecular complexity index is 274. The van der Waals surface area contributed by atoms with E-state index in [1.807, 2.05) is 19.9 Å². The molecule has 1 aromatic heterocycles. The van der Waals surface area contributed by atoms with Gasteiger partial charge in [-0.2, -0.15) is 0 Å². The fourth-order valence-corrected chi connectivity index (χ4v) is 1.23. The fourth-order valence-electron chi connectivity index (χ4n) is 0.831. The summed E-state index contributed by atoms with van der Waals surface area (Å²) in [5.74, 6) is 0. The molecule has 0 aromatic carbocycles. The van der Waals surface area contributed by atoms with Gasteiger partial charge < -0.3 is 5.32 Å². The molecule has 0 amide bonds. The fraction of sp³-hybridized carbons (Fsp3) is 0.375. The Balaban J connectivity index is 2.86. The minimum Gasteiger partial charge on any atom is -0.380 e. The molecular weight excluding hydrogens is 195 g/mol. The lowest BCUT2D eigenvalue weighted by Gasteiger charge is -2.10. The first-order valence-electron chi connectivity index (χ1n) is 3.68. The molecule has 0 aliphatic rings. The smallest absolute Gasteiger partial charge is 0.153 e. The predicted octanol–water partition coefficient (Wildman–Crippen LogP) is 3.21. The van der Waals surface area contributed by atoms with Gasteiger partial charge in [0.15, 0.2) is 5.15 Å². The lowest BCUT2D eigenvalue weighted by molar-refractivity contribution is 0.898. The predicted molar refractivity (Wildman–Crippen MR) is 53.0 cm³/mol. The number of hydrogen-bond donors (Lipinski definition) is 1. The van der Waals surface area contributed by atoms with Crippen LogP contribution in [0, 0.1) is 0 Å². The standard InChI is InChI=1S/C8H10Cl2N2/c1-5(2)11-6-3-4-7(9)12-8(6)10/h3-5,11H,1-2H3. The van der Waals surface area contributed by atoms with Crippen molar-refractivity contribution in [2.24, 2.45) is 0 Å². The van der Waals surface area contributed by atoms with E-state index >= 15 is 0 Å². The molecule has 0 aliphatic carbocycles. The summed E-state index contributed by atoms with van der Waals surface area (Å²) in [6.45, 7) is 4.07. The van der Waals surface area contributed by atoms with E-state index in [2.05, 4.69) is 10.3 Å². The van der Waals surface area contributed by atoms with Gasteiger partial charge in [0.25, 0.3) is 0 Å². The zero-order valence-corrected chi connectivity index (χ0v) is 8.45. The zero-order chi connectivity index (χ0) is 9.14. The summed E-state index contributed by atoms with van der Waals surface area (Å²) < 4.78 is 0. The van der Waals surface area contributed by atoms with Crippen molar-refractivity contribution in [2.75, 3.05) is 5.32 Å². The number of nitrogens with zero attached hydrogens (tertiary/aromatic N) is 1. The molecule has 0 aliphatic heterocycles. The molecule has 0 bridgehead atoms. The van der Waals surface area contributed by atoms with Gasteiger partial charge in [-0.3, -0.25) is 0 Å². The molecule has 1 N–H and O–H groups in total. The summed E-state index contributed by atoms with van der Waals surface area (Å²) in [5, 5.41) is 3.97. The first kappa shape index (κ1) is 9.62. The molecule has 0 saturated heterocycles. The molecule has 66 valence electrons. The summed E-state index contributed by atoms with van der Waals surface area (Å²) in [7, 11) is 0. The average Bonchev–Trinajstić information content (AvgIpc) is 1.94. The number of aromatic nitrogens is 1. The third kappa shape index (κ3) is 2.54. The Morgan fingerprint density at radius 2 is 2.00 bits per heavy atom. The number of hydrogen-bond acceptors (Lipinski definition) is 2. The topological polar surface area (TPSA) is 24.9 Å². The van der Waals surface area contributed by atoms with Crippen molar-refractivity contribution in [3.05, 3.63) is 22.4 Å². The van der Waals surface area contributed by atoms with Gasteiger partial charge in [-0.1, -0.05) is 23.2 Å². The van der Waals surface area contributed by atoms with Gasteiger partial charge in [-0.05, 0) is 26.0 Å². The maximum absolute atomic E-state index is 5.82. The van der Waals surface area contributed by atoms with Crippen LogP contribution in [0.25, 0.3) is 0 Å². The second-order valence-electron chi connectivity index (χ2n) is 2.77. The molecule has 0 unspecified atom stereocenters. The van der Waals surface area contributed by atoms with Crippen LogP contribution in [-0.2, 0) is 0 Å². The van der Waals surface area contributed by atoms with Crippen molar-refractivity contribution in [1.29, 1.82) is 0 Å². The summed E-state index contributed by atoms with van der Waals surface area (Å²) in [6.07, 6.45) is 0. The van der Waals surface area contributed by atoms with Gasteiger partial charge in [0.2, 0.25) is 0 Å². The number of pyridine rings is 1. The van der Waals surface area contributed by atoms with Crippen molar-refractivity contribution in [2.45, 2.75) is 19.9 Å². The molecule has 1 heterocycles. The molecule has 2 nitrogen and oxygen atoms in total. The van der Waals surface area contributed by atoms with E-state index in [0.29, 0.717) is 16.3 Å². The van der Waals surface area contributed by atoms with E-state index in [9.17, 15) is 0 Å². The van der Waals surface area contributed by atoms with Crippen LogP contribution >= 0.6 is 23.2 Å². The van der Waals surface area contributed by atoms with Gasteiger partial charge >= 0.3 is 0 Å². The van der Waals surface area contributed by atoms with Crippen molar-refractivity contribution in [1.82, 2.24) is 4.98 Å². The molecular formula is C8H10Cl2N2. The van der Waals surface area contributed by atoms with Crippen LogP contribution in [-0.4, -0.2) is 11.0 Å². The molecule has 4 heteroatoms. The molecule has 1 rings (SSSR count). The molecule has 0 saturated carbocycles. The van der Waals surface area contributed by atoms with E-state index in [1.54, 1.807) is 6.07 Å². The largest absolute Gasteiger partial charge is 0.380 e. The molecule has 0 atom stereocenters. The highest BCUT2D eigenvalue weighted by molar-refractivity contribution is 6.34. The van der Waals surface area contributed by atoms with Crippen LogP contribution < -0.4 is 5.32 Å². The van der Waals surface area contributed by atoms with Crippen molar-refractivity contribution in [3.63, 3.8) is 0 Å². The monoisotopic (exact) mass is 204 g/mol. The number of anilines is 1. The number of rotatable bonds is 2. The molecule has 0 fully saturated rings. The Kier molecular flexibility index (Phi) is 3.18. The van der Waals surface area contributed by atoms with Crippen LogP contribution in [0.1, 0.15) is 13.8 Å². The van der Waals surface area contributed by atoms with E-state index in [4.69, 9.17) is 23.2 Å². The van der Waals surface area contributed by atoms with Crippen molar-refractivity contribution >= 4 is 28.9 Å². The van der Waals surface area contributed by atoms with Crippen LogP contribution in [0.4, 0.5) is 5.69 Å². The average molecular weight is 205 g/mol. The molecule has 0 spiro atoms. The third-order valence-corrected chi connectivity index (χ3v) is 1.76. The van der Waals surface area contributed by atoms with Crippen LogP contribution in [0.15, 0.2) is 12.1 Å². The van der Waals surface area contributed by atoms with E-state index in [0.717, 1.165) is 5.69 Å². The van der Waals surface area contributed by atoms with Crippen molar-refractivity contribution < 1.29 is 0 Å². The van der Waals surface area contributed by atoms with Gasteiger partial charge in [-0.15, -0.1) is 0 Å². The maximum atomic E-state index is 5.82. The van der Waals surface area contributed by atoms with Gasteiger partial charge in [0, 0.05) is 6.04 Å².